The van der Waals surface area contributed by atoms with Crippen LogP contribution in [0, 0.1) is 16.7 Å². The van der Waals surface area contributed by atoms with E-state index in [0.29, 0.717) is 12.3 Å². The minimum atomic E-state index is -4.09. The zero-order valence-electron chi connectivity index (χ0n) is 14.8. The zero-order chi connectivity index (χ0) is 17.1. The van der Waals surface area contributed by atoms with E-state index in [1.807, 2.05) is 13.0 Å². The molecule has 0 aromatic heterocycles. The van der Waals surface area contributed by atoms with E-state index in [-0.39, 0.29) is 15.7 Å². The molecule has 0 aromatic rings. The molecule has 0 spiro atoms. The second kappa shape index (κ2) is 7.10. The van der Waals surface area contributed by atoms with E-state index in [1.165, 1.54) is 6.08 Å². The Hall–Kier alpha value is -0.610. The van der Waals surface area contributed by atoms with Crippen molar-refractivity contribution in [1.29, 1.82) is 0 Å². The van der Waals surface area contributed by atoms with Crippen LogP contribution in [0.2, 0.25) is 0 Å². The summed E-state index contributed by atoms with van der Waals surface area (Å²) in [6.45, 7) is 17.0. The summed E-state index contributed by atoms with van der Waals surface area (Å²) in [7, 11) is -4.09. The Morgan fingerprint density at radius 3 is 1.86 bits per heavy atom. The Bertz CT molecular complexity index is 497. The average Bonchev–Trinajstić information content (AvgIpc) is 2.21. The molecule has 3 nitrogen and oxygen atoms in total. The Labute approximate surface area is 131 Å². The molecule has 0 aliphatic rings. The van der Waals surface area contributed by atoms with Crippen molar-refractivity contribution >= 4 is 10.1 Å². The highest BCUT2D eigenvalue weighted by atomic mass is 32.2. The van der Waals surface area contributed by atoms with Crippen molar-refractivity contribution in [2.75, 3.05) is 0 Å². The van der Waals surface area contributed by atoms with E-state index in [0.717, 1.165) is 12.0 Å². The third kappa shape index (κ3) is 7.82. The third-order valence-electron chi connectivity index (χ3n) is 3.62. The van der Waals surface area contributed by atoms with Crippen LogP contribution in [0.5, 0.6) is 0 Å². The Kier molecular flexibility index (Phi) is 6.89. The Morgan fingerprint density at radius 1 is 1.10 bits per heavy atom. The van der Waals surface area contributed by atoms with E-state index in [9.17, 15) is 8.42 Å². The lowest BCUT2D eigenvalue weighted by atomic mass is 9.69. The number of hydrogen-bond acceptors (Lipinski definition) is 2. The summed E-state index contributed by atoms with van der Waals surface area (Å²) in [6, 6.07) is 0. The van der Waals surface area contributed by atoms with Crippen LogP contribution < -0.4 is 0 Å². The lowest BCUT2D eigenvalue weighted by Gasteiger charge is -2.36. The smallest absolute Gasteiger partial charge is 0.282 e. The van der Waals surface area contributed by atoms with Crippen LogP contribution in [0.25, 0.3) is 0 Å². The first-order chi connectivity index (χ1) is 9.18. The SMILES string of the molecule is CC/C(=C\C=C(/C)C(CC(C)(C)C)C(C)(C)C)S(=O)(=O)O. The molecule has 0 heterocycles. The summed E-state index contributed by atoms with van der Waals surface area (Å²) in [6.07, 6.45) is 4.70. The van der Waals surface area contributed by atoms with Gasteiger partial charge in [0.1, 0.15) is 0 Å². The predicted molar refractivity (Wildman–Crippen MR) is 90.7 cm³/mol. The van der Waals surface area contributed by atoms with Crippen LogP contribution in [0.3, 0.4) is 0 Å². The fraction of sp³-hybridized carbons (Fsp3) is 0.765. The van der Waals surface area contributed by atoms with Gasteiger partial charge in [0.05, 0.1) is 4.91 Å². The lowest BCUT2D eigenvalue weighted by molar-refractivity contribution is 0.196. The largest absolute Gasteiger partial charge is 0.290 e. The van der Waals surface area contributed by atoms with Gasteiger partial charge in [0.2, 0.25) is 0 Å². The van der Waals surface area contributed by atoms with Gasteiger partial charge in [0, 0.05) is 0 Å². The van der Waals surface area contributed by atoms with E-state index in [4.69, 9.17) is 4.55 Å². The first-order valence-corrected chi connectivity index (χ1v) is 8.97. The van der Waals surface area contributed by atoms with Crippen molar-refractivity contribution in [3.63, 3.8) is 0 Å². The third-order valence-corrected chi connectivity index (χ3v) is 4.71. The molecule has 4 heteroatoms. The summed E-state index contributed by atoms with van der Waals surface area (Å²) < 4.78 is 31.6. The van der Waals surface area contributed by atoms with Crippen LogP contribution in [-0.2, 0) is 10.1 Å². The monoisotopic (exact) mass is 316 g/mol. The molecule has 1 N–H and O–H groups in total. The van der Waals surface area contributed by atoms with Crippen LogP contribution in [-0.4, -0.2) is 13.0 Å². The molecular weight excluding hydrogens is 284 g/mol. The van der Waals surface area contributed by atoms with Crippen molar-refractivity contribution in [2.45, 2.75) is 68.2 Å². The lowest BCUT2D eigenvalue weighted by Crippen LogP contribution is -2.26. The van der Waals surface area contributed by atoms with Gasteiger partial charge in [-0.15, -0.1) is 0 Å². The summed E-state index contributed by atoms with van der Waals surface area (Å²) in [4.78, 5) is 0.0604. The molecule has 0 amide bonds. The molecule has 0 aliphatic carbocycles. The van der Waals surface area contributed by atoms with Crippen LogP contribution in [0.15, 0.2) is 22.6 Å². The normalized spacial score (nSPS) is 17.0. The first kappa shape index (κ1) is 20.4. The maximum atomic E-state index is 11.2. The van der Waals surface area contributed by atoms with E-state index >= 15 is 0 Å². The minimum Gasteiger partial charge on any atom is -0.282 e. The minimum absolute atomic E-state index is 0.0604. The van der Waals surface area contributed by atoms with Gasteiger partial charge < -0.3 is 0 Å². The molecule has 0 saturated carbocycles. The molecule has 124 valence electrons. The summed E-state index contributed by atoms with van der Waals surface area (Å²) in [5.74, 6) is 0.355. The van der Waals surface area contributed by atoms with Gasteiger partial charge in [0.15, 0.2) is 0 Å². The van der Waals surface area contributed by atoms with Crippen molar-refractivity contribution in [3.8, 4) is 0 Å². The second-order valence-electron chi connectivity index (χ2n) is 8.06. The van der Waals surface area contributed by atoms with Gasteiger partial charge in [-0.3, -0.25) is 4.55 Å². The zero-order valence-corrected chi connectivity index (χ0v) is 15.6. The van der Waals surface area contributed by atoms with Gasteiger partial charge in [-0.25, -0.2) is 0 Å². The molecule has 0 aromatic carbocycles. The highest BCUT2D eigenvalue weighted by Gasteiger charge is 2.29. The van der Waals surface area contributed by atoms with E-state index < -0.39 is 10.1 Å². The fourth-order valence-corrected chi connectivity index (χ4v) is 3.09. The predicted octanol–water partition coefficient (Wildman–Crippen LogP) is 5.21. The maximum Gasteiger partial charge on any atom is 0.290 e. The molecule has 0 bridgehead atoms. The molecule has 0 saturated heterocycles. The fourth-order valence-electron chi connectivity index (χ4n) is 2.49. The molecule has 0 rings (SSSR count). The standard InChI is InChI=1S/C17H32O3S/c1-9-14(21(18,19)20)11-10-13(2)15(17(6,7)8)12-16(3,4)5/h10-11,15H,9,12H2,1-8H3,(H,18,19,20)/b13-10+,14-11+. The topological polar surface area (TPSA) is 54.4 Å². The molecule has 0 radical (unpaired) electrons. The number of hydrogen-bond donors (Lipinski definition) is 1. The van der Waals surface area contributed by atoms with Crippen LogP contribution >= 0.6 is 0 Å². The van der Waals surface area contributed by atoms with E-state index in [2.05, 4.69) is 41.5 Å². The molecule has 0 aliphatic heterocycles. The second-order valence-corrected chi connectivity index (χ2v) is 9.53. The van der Waals surface area contributed by atoms with Gasteiger partial charge in [-0.05, 0) is 42.6 Å². The van der Waals surface area contributed by atoms with Gasteiger partial charge in [-0.2, -0.15) is 8.42 Å². The first-order valence-electron chi connectivity index (χ1n) is 7.53. The van der Waals surface area contributed by atoms with E-state index in [1.54, 1.807) is 6.92 Å². The van der Waals surface area contributed by atoms with Crippen molar-refractivity contribution in [3.05, 3.63) is 22.6 Å². The molecular formula is C17H32O3S. The van der Waals surface area contributed by atoms with Crippen molar-refractivity contribution < 1.29 is 13.0 Å². The summed E-state index contributed by atoms with van der Waals surface area (Å²) >= 11 is 0. The van der Waals surface area contributed by atoms with Crippen LogP contribution in [0.1, 0.15) is 68.2 Å². The maximum absolute atomic E-state index is 11.2. The van der Waals surface area contributed by atoms with Crippen molar-refractivity contribution in [2.24, 2.45) is 16.7 Å². The Balaban J connectivity index is 5.54. The molecule has 1 atom stereocenters. The van der Waals surface area contributed by atoms with Crippen molar-refractivity contribution in [1.82, 2.24) is 0 Å². The highest BCUT2D eigenvalue weighted by Crippen LogP contribution is 2.40. The Morgan fingerprint density at radius 2 is 1.57 bits per heavy atom. The number of allylic oxidation sites excluding steroid dienone is 4. The summed E-state index contributed by atoms with van der Waals surface area (Å²) in [5, 5.41) is 0. The summed E-state index contributed by atoms with van der Waals surface area (Å²) in [5.41, 5.74) is 1.45. The average molecular weight is 317 g/mol. The van der Waals surface area contributed by atoms with Gasteiger partial charge >= 0.3 is 0 Å². The van der Waals surface area contributed by atoms with Gasteiger partial charge in [-0.1, -0.05) is 60.1 Å². The van der Waals surface area contributed by atoms with Gasteiger partial charge in [0.25, 0.3) is 10.1 Å². The number of rotatable bonds is 5. The highest BCUT2D eigenvalue weighted by molar-refractivity contribution is 7.89. The molecule has 0 fully saturated rings. The quantitative estimate of drug-likeness (QED) is 0.559. The molecule has 1 unspecified atom stereocenters. The van der Waals surface area contributed by atoms with Crippen LogP contribution in [0.4, 0.5) is 0 Å². The molecule has 21 heavy (non-hydrogen) atoms.